The second-order valence-corrected chi connectivity index (χ2v) is 5.78. The van der Waals surface area contributed by atoms with Crippen LogP contribution in [0.3, 0.4) is 0 Å². The van der Waals surface area contributed by atoms with Crippen LogP contribution in [0.1, 0.15) is 20.3 Å². The van der Waals surface area contributed by atoms with Crippen molar-refractivity contribution in [2.24, 2.45) is 5.41 Å². The van der Waals surface area contributed by atoms with Gasteiger partial charge in [-0.15, -0.1) is 0 Å². The van der Waals surface area contributed by atoms with Crippen LogP contribution in [-0.2, 0) is 19.2 Å². The minimum atomic E-state index is -1.27. The van der Waals surface area contributed by atoms with E-state index >= 15 is 0 Å². The summed E-state index contributed by atoms with van der Waals surface area (Å²) in [5.41, 5.74) is -1.06. The maximum Gasteiger partial charge on any atom is 0.331 e. The Balaban J connectivity index is -0.000000153. The van der Waals surface area contributed by atoms with Crippen LogP contribution in [0.2, 0.25) is 0 Å². The molecule has 0 spiro atoms. The molecule has 0 aliphatic heterocycles. The first kappa shape index (κ1) is 34.4. The zero-order valence-electron chi connectivity index (χ0n) is 16.9. The van der Waals surface area contributed by atoms with E-state index in [2.05, 4.69) is 19.7 Å². The summed E-state index contributed by atoms with van der Waals surface area (Å²) >= 11 is 0. The monoisotopic (exact) mass is 438 g/mol. The zero-order valence-corrected chi connectivity index (χ0v) is 16.9. The second kappa shape index (κ2) is 19.3. The molecule has 0 aliphatic rings. The van der Waals surface area contributed by atoms with E-state index in [9.17, 15) is 19.2 Å². The number of aliphatic hydroxyl groups is 4. The molecule has 30 heavy (non-hydrogen) atoms. The molecule has 0 unspecified atom stereocenters. The highest BCUT2D eigenvalue weighted by molar-refractivity contribution is 5.91. The van der Waals surface area contributed by atoms with Crippen molar-refractivity contribution in [3.63, 3.8) is 0 Å². The third-order valence-electron chi connectivity index (χ3n) is 2.74. The molecular weight excluding hydrogens is 408 g/mol. The first-order valence-electron chi connectivity index (χ1n) is 7.91. The molecule has 0 bridgehead atoms. The van der Waals surface area contributed by atoms with Gasteiger partial charge < -0.3 is 40.9 Å². The van der Waals surface area contributed by atoms with Gasteiger partial charge in [0.25, 0.3) is 0 Å². The van der Waals surface area contributed by atoms with Crippen molar-refractivity contribution in [2.75, 3.05) is 26.4 Å². The lowest BCUT2D eigenvalue weighted by Crippen LogP contribution is -2.37. The van der Waals surface area contributed by atoms with Gasteiger partial charge in [-0.3, -0.25) is 4.79 Å². The largest absolute Gasteiger partial charge is 0.481 e. The van der Waals surface area contributed by atoms with Gasteiger partial charge in [-0.2, -0.15) is 0 Å². The average molecular weight is 438 g/mol. The number of rotatable bonds is 9. The summed E-state index contributed by atoms with van der Waals surface area (Å²) in [6.07, 6.45) is -0.505. The number of hydrogen-bond donors (Lipinski definition) is 8. The molecule has 0 saturated heterocycles. The molecule has 0 amide bonds. The SMILES string of the molecule is C=C(C)C(=O)O.C=C(C)C(=O)O.C=C(CC(=O)O)C(=O)O.OCC(CO)(CO)CO. The van der Waals surface area contributed by atoms with E-state index in [0.29, 0.717) is 0 Å². The van der Waals surface area contributed by atoms with Crippen LogP contribution in [0.5, 0.6) is 0 Å². The number of carbonyl (C=O) groups is 4. The van der Waals surface area contributed by atoms with E-state index in [-0.39, 0.29) is 16.7 Å². The van der Waals surface area contributed by atoms with Crippen molar-refractivity contribution in [3.05, 3.63) is 36.5 Å². The Morgan fingerprint density at radius 3 is 0.900 bits per heavy atom. The van der Waals surface area contributed by atoms with Gasteiger partial charge in [0.2, 0.25) is 0 Å². The van der Waals surface area contributed by atoms with Crippen molar-refractivity contribution in [1.82, 2.24) is 0 Å². The average Bonchev–Trinajstić information content (AvgIpc) is 2.65. The van der Waals surface area contributed by atoms with Gasteiger partial charge in [0.05, 0.1) is 38.3 Å². The molecular formula is C18H30O12. The lowest BCUT2D eigenvalue weighted by molar-refractivity contribution is -0.139. The topological polar surface area (TPSA) is 230 Å². The number of hydrogen-bond acceptors (Lipinski definition) is 8. The lowest BCUT2D eigenvalue weighted by Gasteiger charge is -2.23. The first-order chi connectivity index (χ1) is 13.6. The fraction of sp³-hybridized carbons (Fsp3) is 0.444. The summed E-state index contributed by atoms with van der Waals surface area (Å²) in [7, 11) is 0. The maximum absolute atomic E-state index is 9.87. The minimum absolute atomic E-state index is 0.176. The van der Waals surface area contributed by atoms with Crippen LogP contribution in [0, 0.1) is 5.41 Å². The normalized spacial score (nSPS) is 9.13. The summed E-state index contributed by atoms with van der Waals surface area (Å²) in [4.78, 5) is 38.9. The first-order valence-corrected chi connectivity index (χ1v) is 7.91. The molecule has 0 saturated carbocycles. The van der Waals surface area contributed by atoms with Gasteiger partial charge in [-0.25, -0.2) is 14.4 Å². The summed E-state index contributed by atoms with van der Waals surface area (Å²) in [6.45, 7) is 10.6. The summed E-state index contributed by atoms with van der Waals surface area (Å²) in [5.74, 6) is -4.31. The highest BCUT2D eigenvalue weighted by Crippen LogP contribution is 2.11. The van der Waals surface area contributed by atoms with Crippen LogP contribution in [0.15, 0.2) is 36.5 Å². The van der Waals surface area contributed by atoms with Crippen molar-refractivity contribution in [1.29, 1.82) is 0 Å². The predicted molar refractivity (Wildman–Crippen MR) is 105 cm³/mol. The van der Waals surface area contributed by atoms with E-state index in [1.54, 1.807) is 0 Å². The molecule has 0 fully saturated rings. The number of carboxylic acids is 4. The van der Waals surface area contributed by atoms with Gasteiger partial charge >= 0.3 is 23.9 Å². The van der Waals surface area contributed by atoms with Crippen LogP contribution in [-0.4, -0.2) is 91.2 Å². The second-order valence-electron chi connectivity index (χ2n) is 5.78. The van der Waals surface area contributed by atoms with Crippen molar-refractivity contribution < 1.29 is 60.0 Å². The molecule has 0 aromatic rings. The lowest BCUT2D eigenvalue weighted by atomic mass is 9.93. The van der Waals surface area contributed by atoms with Crippen LogP contribution >= 0.6 is 0 Å². The predicted octanol–water partition coefficient (Wildman–Crippen LogP) is -0.662. The third kappa shape index (κ3) is 23.0. The number of aliphatic hydroxyl groups excluding tert-OH is 4. The van der Waals surface area contributed by atoms with Gasteiger partial charge in [-0.05, 0) is 13.8 Å². The smallest absolute Gasteiger partial charge is 0.331 e. The standard InChI is InChI=1S/C5H12O4.C5H6O4.2C4H6O2/c6-1-5(2-7,3-8)4-9;1-3(5(8)9)2-4(6)7;2*1-3(2)4(5)6/h6-9H,1-4H2;1-2H2,(H,6,7)(H,8,9);2*1H2,2H3,(H,5,6). The summed E-state index contributed by atoms with van der Waals surface area (Å²) < 4.78 is 0. The molecule has 0 rings (SSSR count). The molecule has 0 aromatic heterocycles. The van der Waals surface area contributed by atoms with Crippen molar-refractivity contribution >= 4 is 23.9 Å². The summed E-state index contributed by atoms with van der Waals surface area (Å²) in [6, 6.07) is 0. The Bertz CT molecular complexity index is 537. The van der Waals surface area contributed by atoms with Gasteiger partial charge in [0.15, 0.2) is 0 Å². The van der Waals surface area contributed by atoms with Gasteiger partial charge in [0.1, 0.15) is 0 Å². The van der Waals surface area contributed by atoms with Crippen molar-refractivity contribution in [2.45, 2.75) is 20.3 Å². The van der Waals surface area contributed by atoms with Crippen LogP contribution in [0.4, 0.5) is 0 Å². The molecule has 0 heterocycles. The molecule has 174 valence electrons. The van der Waals surface area contributed by atoms with E-state index in [0.717, 1.165) is 0 Å². The quantitative estimate of drug-likeness (QED) is 0.210. The molecule has 0 radical (unpaired) electrons. The van der Waals surface area contributed by atoms with E-state index in [1.165, 1.54) is 13.8 Å². The Hall–Kier alpha value is -3.06. The molecule has 0 aromatic carbocycles. The highest BCUT2D eigenvalue weighted by atomic mass is 16.4. The molecule has 0 aliphatic carbocycles. The molecule has 0 atom stereocenters. The Labute approximate surface area is 173 Å². The molecule has 12 heteroatoms. The zero-order chi connectivity index (χ0) is 25.1. The van der Waals surface area contributed by atoms with Crippen molar-refractivity contribution in [3.8, 4) is 0 Å². The van der Waals surface area contributed by atoms with E-state index < -0.39 is 62.1 Å². The van der Waals surface area contributed by atoms with E-state index in [1.807, 2.05) is 0 Å². The fourth-order valence-corrected chi connectivity index (χ4v) is 0.558. The Morgan fingerprint density at radius 2 is 0.867 bits per heavy atom. The number of aliphatic carboxylic acids is 4. The van der Waals surface area contributed by atoms with Gasteiger partial charge in [0, 0.05) is 16.7 Å². The minimum Gasteiger partial charge on any atom is -0.481 e. The maximum atomic E-state index is 9.87. The fourth-order valence-electron chi connectivity index (χ4n) is 0.558. The molecule has 12 nitrogen and oxygen atoms in total. The summed E-state index contributed by atoms with van der Waals surface area (Å²) in [5, 5.41) is 65.8. The van der Waals surface area contributed by atoms with Crippen LogP contribution < -0.4 is 0 Å². The van der Waals surface area contributed by atoms with Crippen LogP contribution in [0.25, 0.3) is 0 Å². The number of carboxylic acid groups (broad SMARTS) is 4. The Kier molecular flexibility index (Phi) is 22.1. The Morgan fingerprint density at radius 1 is 0.633 bits per heavy atom. The van der Waals surface area contributed by atoms with E-state index in [4.69, 9.17) is 40.9 Å². The highest BCUT2D eigenvalue weighted by Gasteiger charge is 2.26. The third-order valence-corrected chi connectivity index (χ3v) is 2.74. The molecule has 8 N–H and O–H groups in total. The van der Waals surface area contributed by atoms with Gasteiger partial charge in [-0.1, -0.05) is 19.7 Å².